The highest BCUT2D eigenvalue weighted by Crippen LogP contribution is 2.32. The van der Waals surface area contributed by atoms with Crippen LogP contribution in [0.25, 0.3) is 0 Å². The van der Waals surface area contributed by atoms with Gasteiger partial charge in [0.25, 0.3) is 5.91 Å². The quantitative estimate of drug-likeness (QED) is 0.856. The maximum Gasteiger partial charge on any atom is 0.416 e. The number of rotatable bonds is 5. The molecule has 0 bridgehead atoms. The topological polar surface area (TPSA) is 68.0 Å². The monoisotopic (exact) mass is 357 g/mol. The van der Waals surface area contributed by atoms with Gasteiger partial charge in [0.15, 0.2) is 0 Å². The molecular weight excluding hydrogens is 339 g/mol. The Kier molecular flexibility index (Phi) is 5.61. The van der Waals surface area contributed by atoms with Crippen LogP contribution >= 0.6 is 11.3 Å². The van der Waals surface area contributed by atoms with E-state index in [1.165, 1.54) is 17.4 Å². The largest absolute Gasteiger partial charge is 0.416 e. The van der Waals surface area contributed by atoms with Gasteiger partial charge in [-0.05, 0) is 23.6 Å². The number of alkyl halides is 3. The number of nitrogens with one attached hydrogen (secondary N) is 1. The summed E-state index contributed by atoms with van der Waals surface area (Å²) in [5, 5.41) is 4.97. The first-order valence-corrected chi connectivity index (χ1v) is 8.22. The fraction of sp³-hybridized carbons (Fsp3) is 0.375. The number of carbonyl (C=O) groups is 1. The smallest absolute Gasteiger partial charge is 0.344 e. The molecule has 8 heteroatoms. The van der Waals surface area contributed by atoms with Crippen LogP contribution in [0.1, 0.15) is 46.5 Å². The van der Waals surface area contributed by atoms with Gasteiger partial charge in [-0.25, -0.2) is 4.98 Å². The second-order valence-electron chi connectivity index (χ2n) is 5.65. The molecule has 0 radical (unpaired) electrons. The molecule has 1 aromatic heterocycles. The van der Waals surface area contributed by atoms with Gasteiger partial charge in [-0.1, -0.05) is 26.0 Å². The van der Waals surface area contributed by atoms with Crippen molar-refractivity contribution in [1.82, 2.24) is 10.3 Å². The zero-order valence-electron chi connectivity index (χ0n) is 13.2. The Labute approximate surface area is 141 Å². The highest BCUT2D eigenvalue weighted by Gasteiger charge is 2.31. The number of hydrogen-bond acceptors (Lipinski definition) is 4. The lowest BCUT2D eigenvalue weighted by Crippen LogP contribution is -2.32. The number of benzene rings is 1. The van der Waals surface area contributed by atoms with Crippen LogP contribution in [0.3, 0.4) is 0 Å². The van der Waals surface area contributed by atoms with Gasteiger partial charge in [-0.3, -0.25) is 4.79 Å². The van der Waals surface area contributed by atoms with Crippen molar-refractivity contribution in [1.29, 1.82) is 0 Å². The van der Waals surface area contributed by atoms with Crippen molar-refractivity contribution in [2.75, 3.05) is 0 Å². The molecule has 1 aromatic carbocycles. The Morgan fingerprint density at radius 1 is 1.38 bits per heavy atom. The Hall–Kier alpha value is -1.93. The molecule has 0 aliphatic rings. The lowest BCUT2D eigenvalue weighted by Gasteiger charge is -2.23. The summed E-state index contributed by atoms with van der Waals surface area (Å²) in [6.07, 6.45) is -4.42. The number of nitrogens with two attached hydrogens (primary N) is 1. The molecule has 24 heavy (non-hydrogen) atoms. The van der Waals surface area contributed by atoms with E-state index in [2.05, 4.69) is 10.3 Å². The minimum Gasteiger partial charge on any atom is -0.344 e. The second kappa shape index (κ2) is 7.31. The molecule has 130 valence electrons. The van der Waals surface area contributed by atoms with Crippen molar-refractivity contribution < 1.29 is 18.0 Å². The van der Waals surface area contributed by atoms with Crippen molar-refractivity contribution in [2.24, 2.45) is 11.7 Å². The lowest BCUT2D eigenvalue weighted by atomic mass is 9.94. The number of hydrogen-bond donors (Lipinski definition) is 2. The first-order valence-electron chi connectivity index (χ1n) is 7.35. The molecule has 1 unspecified atom stereocenters. The van der Waals surface area contributed by atoms with E-state index >= 15 is 0 Å². The summed E-state index contributed by atoms with van der Waals surface area (Å²) in [6, 6.07) is 4.44. The van der Waals surface area contributed by atoms with Gasteiger partial charge in [0.1, 0.15) is 10.7 Å². The highest BCUT2D eigenvalue weighted by molar-refractivity contribution is 7.09. The third-order valence-electron chi connectivity index (χ3n) is 3.49. The molecule has 2 aromatic rings. The molecule has 0 spiro atoms. The summed E-state index contributed by atoms with van der Waals surface area (Å²) in [5.74, 6) is -0.521. The highest BCUT2D eigenvalue weighted by atomic mass is 32.1. The summed E-state index contributed by atoms with van der Waals surface area (Å²) >= 11 is 1.27. The van der Waals surface area contributed by atoms with E-state index in [1.54, 1.807) is 11.4 Å². The minimum atomic E-state index is -4.42. The molecule has 0 saturated heterocycles. The van der Waals surface area contributed by atoms with E-state index in [0.717, 1.165) is 12.1 Å². The number of thiazole rings is 1. The molecule has 0 saturated carbocycles. The average molecular weight is 357 g/mol. The SMILES string of the molecule is CC(C)C(NC(=O)c1csc(CN)n1)c1cccc(C(F)(F)F)c1. The summed E-state index contributed by atoms with van der Waals surface area (Å²) in [7, 11) is 0. The number of amides is 1. The second-order valence-corrected chi connectivity index (χ2v) is 6.59. The van der Waals surface area contributed by atoms with Gasteiger partial charge in [-0.2, -0.15) is 13.2 Å². The zero-order valence-corrected chi connectivity index (χ0v) is 14.0. The van der Waals surface area contributed by atoms with Gasteiger partial charge in [0, 0.05) is 11.9 Å². The van der Waals surface area contributed by atoms with Crippen LogP contribution in [0, 0.1) is 5.92 Å². The molecule has 1 heterocycles. The first kappa shape index (κ1) is 18.4. The third-order valence-corrected chi connectivity index (χ3v) is 4.36. The van der Waals surface area contributed by atoms with E-state index in [-0.39, 0.29) is 18.2 Å². The molecule has 1 atom stereocenters. The fourth-order valence-corrected chi connectivity index (χ4v) is 2.92. The Bertz CT molecular complexity index is 713. The molecule has 4 nitrogen and oxygen atoms in total. The number of carbonyl (C=O) groups excluding carboxylic acids is 1. The molecule has 1 amide bonds. The fourth-order valence-electron chi connectivity index (χ4n) is 2.27. The predicted molar refractivity (Wildman–Crippen MR) is 86.5 cm³/mol. The minimum absolute atomic E-state index is 0.0925. The van der Waals surface area contributed by atoms with Gasteiger partial charge in [0.2, 0.25) is 0 Å². The van der Waals surface area contributed by atoms with E-state index in [4.69, 9.17) is 5.73 Å². The molecule has 2 rings (SSSR count). The molecule has 0 aliphatic heterocycles. The van der Waals surface area contributed by atoms with Crippen molar-refractivity contribution in [3.63, 3.8) is 0 Å². The van der Waals surface area contributed by atoms with E-state index in [1.807, 2.05) is 13.8 Å². The van der Waals surface area contributed by atoms with Crippen LogP contribution in [-0.2, 0) is 12.7 Å². The summed E-state index contributed by atoms with van der Waals surface area (Å²) in [6.45, 7) is 3.90. The Balaban J connectivity index is 2.25. The van der Waals surface area contributed by atoms with Gasteiger partial charge >= 0.3 is 6.18 Å². The van der Waals surface area contributed by atoms with Crippen LogP contribution in [-0.4, -0.2) is 10.9 Å². The maximum atomic E-state index is 12.9. The average Bonchev–Trinajstić information content (AvgIpc) is 3.00. The van der Waals surface area contributed by atoms with E-state index in [9.17, 15) is 18.0 Å². The Morgan fingerprint density at radius 3 is 2.62 bits per heavy atom. The van der Waals surface area contributed by atoms with Crippen molar-refractivity contribution in [3.05, 3.63) is 51.5 Å². The normalized spacial score (nSPS) is 13.1. The van der Waals surface area contributed by atoms with Crippen molar-refractivity contribution in [3.8, 4) is 0 Å². The lowest BCUT2D eigenvalue weighted by molar-refractivity contribution is -0.137. The molecule has 0 aliphatic carbocycles. The molecular formula is C16H18F3N3OS. The number of aromatic nitrogens is 1. The number of halogens is 3. The van der Waals surface area contributed by atoms with Crippen molar-refractivity contribution >= 4 is 17.2 Å². The third kappa shape index (κ3) is 4.33. The van der Waals surface area contributed by atoms with Crippen LogP contribution in [0.4, 0.5) is 13.2 Å². The summed E-state index contributed by atoms with van der Waals surface area (Å²) < 4.78 is 38.7. The zero-order chi connectivity index (χ0) is 17.9. The van der Waals surface area contributed by atoms with Crippen LogP contribution < -0.4 is 11.1 Å². The van der Waals surface area contributed by atoms with E-state index < -0.39 is 23.7 Å². The standard InChI is InChI=1S/C16H18F3N3OS/c1-9(2)14(10-4-3-5-11(6-10)16(17,18)19)22-15(23)12-8-24-13(7-20)21-12/h3-6,8-9,14H,7,20H2,1-2H3,(H,22,23). The van der Waals surface area contributed by atoms with Gasteiger partial charge in [0.05, 0.1) is 11.6 Å². The number of nitrogens with zero attached hydrogens (tertiary/aromatic N) is 1. The summed E-state index contributed by atoms with van der Waals surface area (Å²) in [5.41, 5.74) is 5.36. The first-order chi connectivity index (χ1) is 11.2. The van der Waals surface area contributed by atoms with Crippen LogP contribution in [0.15, 0.2) is 29.6 Å². The van der Waals surface area contributed by atoms with Gasteiger partial charge < -0.3 is 11.1 Å². The predicted octanol–water partition coefficient (Wildman–Crippen LogP) is 3.75. The molecule has 3 N–H and O–H groups in total. The summed E-state index contributed by atoms with van der Waals surface area (Å²) in [4.78, 5) is 16.4. The Morgan fingerprint density at radius 2 is 2.08 bits per heavy atom. The molecule has 0 fully saturated rings. The van der Waals surface area contributed by atoms with E-state index in [0.29, 0.717) is 10.6 Å². The van der Waals surface area contributed by atoms with Gasteiger partial charge in [-0.15, -0.1) is 11.3 Å². The maximum absolute atomic E-state index is 12.9. The van der Waals surface area contributed by atoms with Crippen LogP contribution in [0.2, 0.25) is 0 Å². The van der Waals surface area contributed by atoms with Crippen LogP contribution in [0.5, 0.6) is 0 Å². The van der Waals surface area contributed by atoms with Crippen molar-refractivity contribution in [2.45, 2.75) is 32.6 Å².